The van der Waals surface area contributed by atoms with Crippen LogP contribution >= 0.6 is 0 Å². The van der Waals surface area contributed by atoms with E-state index in [0.29, 0.717) is 25.7 Å². The van der Waals surface area contributed by atoms with Crippen molar-refractivity contribution in [2.24, 2.45) is 99.5 Å². The van der Waals surface area contributed by atoms with Crippen LogP contribution in [-0.2, 0) is 52.7 Å². The third-order valence-electron chi connectivity index (χ3n) is 15.2. The van der Waals surface area contributed by atoms with E-state index in [4.69, 9.17) is 74.5 Å². The number of likely N-dealkylation sites (tertiary alicyclic amines) is 1. The Labute approximate surface area is 574 Å². The largest absolute Gasteiger partial charge is 0.480 e. The number of nitrogens with two attached hydrogens (primary N) is 13. The smallest absolute Gasteiger partial charge is 0.322 e. The summed E-state index contributed by atoms with van der Waals surface area (Å²) in [5.74, 6) is -11.9. The van der Waals surface area contributed by atoms with E-state index < -0.39 is 144 Å². The Balaban J connectivity index is 3.86. The van der Waals surface area contributed by atoms with Gasteiger partial charge in [0.05, 0.1) is 12.2 Å². The van der Waals surface area contributed by atoms with Crippen LogP contribution in [0, 0.1) is 0 Å². The van der Waals surface area contributed by atoms with E-state index in [9.17, 15) is 68.1 Å². The molecule has 562 valence electrons. The number of aliphatic hydroxyl groups excluding tert-OH is 2. The summed E-state index contributed by atoms with van der Waals surface area (Å²) in [4.78, 5) is 174. The number of carbonyl (C=O) groups is 11. The number of amides is 10. The van der Waals surface area contributed by atoms with Gasteiger partial charge >= 0.3 is 5.97 Å². The van der Waals surface area contributed by atoms with Crippen LogP contribution in [0.2, 0.25) is 0 Å². The van der Waals surface area contributed by atoms with E-state index in [-0.39, 0.29) is 172 Å². The number of aliphatic carboxylic acids is 1. The fraction of sp³-hybridized carbons (Fsp3) is 0.719. The Hall–Kier alpha value is -9.68. The Morgan fingerprint density at radius 1 is 0.414 bits per heavy atom. The van der Waals surface area contributed by atoms with Gasteiger partial charge in [-0.05, 0) is 143 Å². The van der Waals surface area contributed by atoms with Gasteiger partial charge in [-0.2, -0.15) is 0 Å². The zero-order chi connectivity index (χ0) is 74.7. The summed E-state index contributed by atoms with van der Waals surface area (Å²) in [5.41, 5.74) is 72.8. The molecule has 38 N–H and O–H groups in total. The highest BCUT2D eigenvalue weighted by Crippen LogP contribution is 2.20. The standard InChI is InChI=1S/C57H110N28O14/c1-30(86)41(60)52(99)85-28-12-20-39(85)50(97)82-38(19-11-27-75-57(69)70)49(96)84-42(31(2)87)51(98)83-37(18-10-26-74-56(67)68)48(95)81-36(17-9-25-73-55(65)66)47(94)80-35(16-8-24-72-54(63)64)46(93)79-34(14-4-6-22-59)45(92)78-33(13-3-5-21-58)44(91)77-32(15-7-23-71-53(61)62)43(90)76-29-40(88)89/h30-39,41-42,86-87H,3-29,58-60H2,1-2H3,(H,76,90)(H,77,91)(H,78,92)(H,79,93)(H,80,94)(H,81,95)(H,82,97)(H,83,98)(H,84,96)(H,88,89)(H4,61,62,71)(H4,63,64,72)(H4,65,66,73)(H4,67,68,74)(H4,69,70,75)/t30-,31-,32+,33+,34+,35+,36+,37+,38+,39+,41+,42+/m1/s1. The lowest BCUT2D eigenvalue weighted by Gasteiger charge is -2.30. The van der Waals surface area contributed by atoms with Crippen LogP contribution in [0.5, 0.6) is 0 Å². The van der Waals surface area contributed by atoms with Gasteiger partial charge in [-0.1, -0.05) is 0 Å². The van der Waals surface area contributed by atoms with E-state index in [0.717, 1.165) is 6.92 Å². The quantitative estimate of drug-likeness (QED) is 0.0153. The molecule has 0 spiro atoms. The van der Waals surface area contributed by atoms with Crippen molar-refractivity contribution >= 4 is 94.8 Å². The van der Waals surface area contributed by atoms with Crippen LogP contribution in [0.25, 0.3) is 0 Å². The average Bonchev–Trinajstić information content (AvgIpc) is 1.74. The number of hydrogen-bond acceptors (Lipinski definition) is 21. The van der Waals surface area contributed by atoms with Crippen molar-refractivity contribution in [1.29, 1.82) is 0 Å². The number of carboxylic acid groups (broad SMARTS) is 1. The maximum Gasteiger partial charge on any atom is 0.322 e. The molecule has 0 bridgehead atoms. The number of rotatable bonds is 50. The minimum Gasteiger partial charge on any atom is -0.480 e. The highest BCUT2D eigenvalue weighted by molar-refractivity contribution is 5.99. The SMILES string of the molecule is C[C@@H](O)[C@H](N)C(=O)N1CCC[C@H]1C(=O)N[C@@H](CCCN=C(N)N)C(=O)N[C@H](C(=O)N[C@@H](CCCN=C(N)N)C(=O)N[C@@H](CCCN=C(N)N)C(=O)N[C@@H](CCCN=C(N)N)C(=O)N[C@@H](CCCCN)C(=O)N[C@@H](CCCCN)C(=O)N[C@@H](CCCN=C(N)N)C(=O)NCC(=O)O)[C@@H](C)O. The van der Waals surface area contributed by atoms with Gasteiger partial charge in [0.25, 0.3) is 0 Å². The number of nitrogens with zero attached hydrogens (tertiary/aromatic N) is 6. The zero-order valence-electron chi connectivity index (χ0n) is 56.5. The molecule has 12 atom stereocenters. The number of hydrogen-bond donors (Lipinski definition) is 25. The second kappa shape index (κ2) is 48.1. The molecule has 0 saturated carbocycles. The maximum absolute atomic E-state index is 14.7. The number of unbranched alkanes of at least 4 members (excludes halogenated alkanes) is 2. The summed E-state index contributed by atoms with van der Waals surface area (Å²) in [7, 11) is 0. The predicted molar refractivity (Wildman–Crippen MR) is 368 cm³/mol. The van der Waals surface area contributed by atoms with Gasteiger partial charge in [-0.25, -0.2) is 0 Å². The van der Waals surface area contributed by atoms with Gasteiger partial charge in [0.1, 0.15) is 67.0 Å². The van der Waals surface area contributed by atoms with E-state index in [1.807, 2.05) is 0 Å². The van der Waals surface area contributed by atoms with Crippen molar-refractivity contribution in [2.75, 3.05) is 58.9 Å². The molecule has 1 aliphatic rings. The normalized spacial score (nSPS) is 15.8. The van der Waals surface area contributed by atoms with Gasteiger partial charge in [0.2, 0.25) is 59.1 Å². The first-order valence-corrected chi connectivity index (χ1v) is 32.8. The van der Waals surface area contributed by atoms with Crippen molar-refractivity contribution in [1.82, 2.24) is 52.8 Å². The topological polar surface area (TPSA) is 760 Å². The van der Waals surface area contributed by atoms with Crippen LogP contribution in [0.1, 0.15) is 129 Å². The van der Waals surface area contributed by atoms with E-state index in [1.165, 1.54) is 11.8 Å². The lowest BCUT2D eigenvalue weighted by atomic mass is 10.0. The number of carboxylic acids is 1. The highest BCUT2D eigenvalue weighted by atomic mass is 16.4. The molecule has 10 amide bonds. The molecule has 99 heavy (non-hydrogen) atoms. The third-order valence-corrected chi connectivity index (χ3v) is 15.2. The highest BCUT2D eigenvalue weighted by Gasteiger charge is 2.40. The van der Waals surface area contributed by atoms with Crippen LogP contribution in [0.3, 0.4) is 0 Å². The fourth-order valence-corrected chi connectivity index (χ4v) is 9.92. The second-order valence-electron chi connectivity index (χ2n) is 23.5. The van der Waals surface area contributed by atoms with Crippen molar-refractivity contribution in [3.8, 4) is 0 Å². The molecular weight excluding hydrogens is 1300 g/mol. The minimum absolute atomic E-state index is 0.00129. The molecule has 0 radical (unpaired) electrons. The van der Waals surface area contributed by atoms with Gasteiger partial charge in [0, 0.05) is 39.3 Å². The molecule has 0 aromatic carbocycles. The molecule has 42 nitrogen and oxygen atoms in total. The minimum atomic E-state index is -1.84. The summed E-state index contributed by atoms with van der Waals surface area (Å²) in [6.07, 6.45) is -1.74. The molecule has 1 saturated heterocycles. The lowest BCUT2D eigenvalue weighted by molar-refractivity contribution is -0.142. The Morgan fingerprint density at radius 3 is 1.00 bits per heavy atom. The van der Waals surface area contributed by atoms with Crippen LogP contribution < -0.4 is 122 Å². The van der Waals surface area contributed by atoms with Gasteiger partial charge in [-0.3, -0.25) is 77.7 Å². The van der Waals surface area contributed by atoms with Gasteiger partial charge < -0.3 is 143 Å². The van der Waals surface area contributed by atoms with Crippen LogP contribution in [0.15, 0.2) is 25.0 Å². The van der Waals surface area contributed by atoms with Crippen molar-refractivity contribution in [3.05, 3.63) is 0 Å². The molecule has 1 rings (SSSR count). The number of carbonyl (C=O) groups excluding carboxylic acids is 10. The molecule has 0 aromatic heterocycles. The molecule has 1 fully saturated rings. The predicted octanol–water partition coefficient (Wildman–Crippen LogP) is -11.3. The van der Waals surface area contributed by atoms with E-state index in [2.05, 4.69) is 72.8 Å². The molecule has 1 heterocycles. The average molecular weight is 1410 g/mol. The van der Waals surface area contributed by atoms with Crippen LogP contribution in [-0.4, -0.2) is 247 Å². The molecule has 0 unspecified atom stereocenters. The molecule has 1 aliphatic heterocycles. The van der Waals surface area contributed by atoms with E-state index >= 15 is 0 Å². The van der Waals surface area contributed by atoms with Gasteiger partial charge in [-0.15, -0.1) is 0 Å². The van der Waals surface area contributed by atoms with Crippen molar-refractivity contribution < 1.29 is 68.1 Å². The second-order valence-corrected chi connectivity index (χ2v) is 23.5. The number of aliphatic imine (C=N–C) groups is 5. The Morgan fingerprint density at radius 2 is 0.707 bits per heavy atom. The first-order valence-electron chi connectivity index (χ1n) is 32.8. The third kappa shape index (κ3) is 36.5. The first kappa shape index (κ1) is 87.3. The van der Waals surface area contributed by atoms with Crippen molar-refractivity contribution in [2.45, 2.75) is 202 Å². The summed E-state index contributed by atoms with van der Waals surface area (Å²) in [6.45, 7) is 2.02. The maximum atomic E-state index is 14.7. The summed E-state index contributed by atoms with van der Waals surface area (Å²) >= 11 is 0. The Kier molecular flexibility index (Phi) is 42.4. The number of nitrogens with one attached hydrogen (secondary N) is 9. The number of aliphatic hydroxyl groups is 2. The van der Waals surface area contributed by atoms with Gasteiger partial charge in [0.15, 0.2) is 29.8 Å². The summed E-state index contributed by atoms with van der Waals surface area (Å²) in [6, 6.07) is -14.6. The zero-order valence-corrected chi connectivity index (χ0v) is 56.5. The molecule has 0 aliphatic carbocycles. The van der Waals surface area contributed by atoms with Crippen LogP contribution in [0.4, 0.5) is 0 Å². The van der Waals surface area contributed by atoms with E-state index in [1.54, 1.807) is 0 Å². The fourth-order valence-electron chi connectivity index (χ4n) is 9.92. The lowest BCUT2D eigenvalue weighted by Crippen LogP contribution is -2.62. The Bertz CT molecular complexity index is 2750. The molecule has 0 aromatic rings. The monoisotopic (exact) mass is 1410 g/mol. The molecule has 42 heteroatoms. The van der Waals surface area contributed by atoms with Crippen molar-refractivity contribution in [3.63, 3.8) is 0 Å². The molecular formula is C57H110N28O14. The summed E-state index contributed by atoms with van der Waals surface area (Å²) < 4.78 is 0. The number of guanidine groups is 5. The summed E-state index contributed by atoms with van der Waals surface area (Å²) in [5, 5.41) is 53.3. The first-order chi connectivity index (χ1) is 46.7.